The average molecular weight is 475 g/mol. The molecular weight excluding hydrogens is 448 g/mol. The van der Waals surface area contributed by atoms with Crippen molar-refractivity contribution < 1.29 is 32.6 Å². The Kier molecular flexibility index (Phi) is 8.50. The molecule has 1 aliphatic rings. The fourth-order valence-corrected chi connectivity index (χ4v) is 3.70. The van der Waals surface area contributed by atoms with E-state index in [2.05, 4.69) is 20.4 Å². The van der Waals surface area contributed by atoms with E-state index in [1.807, 2.05) is 0 Å². The quantitative estimate of drug-likeness (QED) is 0.566. The number of amides is 2. The van der Waals surface area contributed by atoms with Crippen molar-refractivity contribution in [3.05, 3.63) is 53.7 Å². The third-order valence-corrected chi connectivity index (χ3v) is 5.65. The smallest absolute Gasteiger partial charge is 0.306 e. The molecule has 1 aliphatic carbocycles. The van der Waals surface area contributed by atoms with Gasteiger partial charge in [0.2, 0.25) is 11.8 Å². The van der Waals surface area contributed by atoms with Crippen molar-refractivity contribution in [1.29, 1.82) is 0 Å². The van der Waals surface area contributed by atoms with E-state index in [-0.39, 0.29) is 41.6 Å². The van der Waals surface area contributed by atoms with E-state index in [0.29, 0.717) is 25.7 Å². The molecule has 1 aromatic carbocycles. The molecule has 0 spiro atoms. The molecule has 1 atom stereocenters. The molecule has 2 N–H and O–H groups in total. The number of halogens is 2. The molecule has 0 saturated heterocycles. The number of carbonyl (C=O) groups is 3. The van der Waals surface area contributed by atoms with E-state index >= 15 is 0 Å². The summed E-state index contributed by atoms with van der Waals surface area (Å²) in [5.74, 6) is -2.66. The van der Waals surface area contributed by atoms with Crippen molar-refractivity contribution in [2.45, 2.75) is 51.1 Å². The Labute approximate surface area is 196 Å². The van der Waals surface area contributed by atoms with Crippen LogP contribution in [0.5, 0.6) is 11.6 Å². The molecule has 8 nitrogen and oxygen atoms in total. The lowest BCUT2D eigenvalue weighted by Gasteiger charge is -2.30. The van der Waals surface area contributed by atoms with Crippen LogP contribution in [0.25, 0.3) is 0 Å². The number of benzene rings is 1. The standard InChI is InChI=1S/C24H27F2N3O5/c1-14(11-21(30)33-2)22(31)28-17-5-7-18(8-6-17)29-23(32)20-12-16(26)13-27-24(20)34-19-9-3-15(25)4-10-19/h3-4,9-10,12-14,17-18H,5-8,11H2,1-2H3,(H,28,31)(H,29,32)/t14-,17?,18?/m1/s1. The number of hydrogen-bond acceptors (Lipinski definition) is 6. The zero-order chi connectivity index (χ0) is 24.7. The van der Waals surface area contributed by atoms with E-state index in [1.165, 1.54) is 31.4 Å². The monoisotopic (exact) mass is 475 g/mol. The van der Waals surface area contributed by atoms with Crippen molar-refractivity contribution in [3.8, 4) is 11.6 Å². The highest BCUT2D eigenvalue weighted by molar-refractivity contribution is 5.96. The van der Waals surface area contributed by atoms with Gasteiger partial charge < -0.3 is 20.1 Å². The molecule has 0 radical (unpaired) electrons. The van der Waals surface area contributed by atoms with Crippen molar-refractivity contribution in [1.82, 2.24) is 15.6 Å². The van der Waals surface area contributed by atoms with Gasteiger partial charge in [-0.2, -0.15) is 0 Å². The molecule has 34 heavy (non-hydrogen) atoms. The maximum Gasteiger partial charge on any atom is 0.306 e. The SMILES string of the molecule is COC(=O)C[C@@H](C)C(=O)NC1CCC(NC(=O)c2cc(F)cnc2Oc2ccc(F)cc2)CC1. The zero-order valence-electron chi connectivity index (χ0n) is 19.0. The van der Waals surface area contributed by atoms with Crippen LogP contribution in [0, 0.1) is 17.6 Å². The van der Waals surface area contributed by atoms with Gasteiger partial charge in [-0.15, -0.1) is 0 Å². The van der Waals surface area contributed by atoms with E-state index in [1.54, 1.807) is 6.92 Å². The predicted molar refractivity (Wildman–Crippen MR) is 118 cm³/mol. The Balaban J connectivity index is 1.55. The fraction of sp³-hybridized carbons (Fsp3) is 0.417. The summed E-state index contributed by atoms with van der Waals surface area (Å²) in [5, 5.41) is 5.80. The van der Waals surface area contributed by atoms with E-state index in [9.17, 15) is 23.2 Å². The minimum Gasteiger partial charge on any atom is -0.469 e. The Morgan fingerprint density at radius 1 is 1.03 bits per heavy atom. The van der Waals surface area contributed by atoms with Gasteiger partial charge in [-0.25, -0.2) is 13.8 Å². The second-order valence-corrected chi connectivity index (χ2v) is 8.27. The summed E-state index contributed by atoms with van der Waals surface area (Å²) >= 11 is 0. The highest BCUT2D eigenvalue weighted by atomic mass is 19.1. The zero-order valence-corrected chi connectivity index (χ0v) is 19.0. The summed E-state index contributed by atoms with van der Waals surface area (Å²) < 4.78 is 37.1. The van der Waals surface area contributed by atoms with Crippen LogP contribution in [-0.2, 0) is 14.3 Å². The van der Waals surface area contributed by atoms with Gasteiger partial charge in [-0.05, 0) is 56.0 Å². The molecule has 10 heteroatoms. The van der Waals surface area contributed by atoms with Gasteiger partial charge in [0.1, 0.15) is 22.9 Å². The first-order valence-corrected chi connectivity index (χ1v) is 11.0. The minimum atomic E-state index is -0.691. The highest BCUT2D eigenvalue weighted by Gasteiger charge is 2.27. The molecule has 1 aromatic heterocycles. The number of pyridine rings is 1. The van der Waals surface area contributed by atoms with Gasteiger partial charge >= 0.3 is 5.97 Å². The van der Waals surface area contributed by atoms with Crippen LogP contribution in [0.1, 0.15) is 49.4 Å². The number of esters is 1. The molecule has 2 amide bonds. The van der Waals surface area contributed by atoms with E-state index in [4.69, 9.17) is 4.74 Å². The first-order chi connectivity index (χ1) is 16.2. The predicted octanol–water partition coefficient (Wildman–Crippen LogP) is 3.51. The molecule has 0 bridgehead atoms. The maximum atomic E-state index is 13.8. The van der Waals surface area contributed by atoms with E-state index in [0.717, 1.165) is 12.3 Å². The molecule has 182 valence electrons. The van der Waals surface area contributed by atoms with Crippen LogP contribution in [0.3, 0.4) is 0 Å². The first-order valence-electron chi connectivity index (χ1n) is 11.0. The number of aromatic nitrogens is 1. The number of hydrogen-bond donors (Lipinski definition) is 2. The lowest BCUT2D eigenvalue weighted by Crippen LogP contribution is -2.45. The minimum absolute atomic E-state index is 0.0116. The van der Waals surface area contributed by atoms with Crippen LogP contribution < -0.4 is 15.4 Å². The number of nitrogens with one attached hydrogen (secondary N) is 2. The van der Waals surface area contributed by atoms with Crippen LogP contribution in [-0.4, -0.2) is 42.0 Å². The molecule has 2 aromatic rings. The van der Waals surface area contributed by atoms with Crippen molar-refractivity contribution in [2.75, 3.05) is 7.11 Å². The summed E-state index contributed by atoms with van der Waals surface area (Å²) in [6.45, 7) is 1.66. The second kappa shape index (κ2) is 11.5. The number of nitrogens with zero attached hydrogens (tertiary/aromatic N) is 1. The van der Waals surface area contributed by atoms with Gasteiger partial charge in [0.05, 0.1) is 19.7 Å². The Bertz CT molecular complexity index is 1020. The van der Waals surface area contributed by atoms with Crippen molar-refractivity contribution in [2.24, 2.45) is 5.92 Å². The average Bonchev–Trinajstić information content (AvgIpc) is 2.82. The van der Waals surface area contributed by atoms with Crippen LogP contribution in [0.4, 0.5) is 8.78 Å². The normalized spacial score (nSPS) is 18.5. The number of ether oxygens (including phenoxy) is 2. The fourth-order valence-electron chi connectivity index (χ4n) is 3.70. The summed E-state index contributed by atoms with van der Waals surface area (Å²) in [4.78, 5) is 40.3. The third kappa shape index (κ3) is 6.97. The lowest BCUT2D eigenvalue weighted by molar-refractivity contribution is -0.144. The van der Waals surface area contributed by atoms with Gasteiger partial charge in [0.25, 0.3) is 5.91 Å². The Hall–Kier alpha value is -3.56. The molecule has 1 saturated carbocycles. The van der Waals surface area contributed by atoms with Crippen molar-refractivity contribution >= 4 is 17.8 Å². The molecule has 1 heterocycles. The van der Waals surface area contributed by atoms with Gasteiger partial charge in [0, 0.05) is 18.0 Å². The summed E-state index contributed by atoms with van der Waals surface area (Å²) in [6, 6.07) is 5.96. The summed E-state index contributed by atoms with van der Waals surface area (Å²) in [5.41, 5.74) is -0.0728. The summed E-state index contributed by atoms with van der Waals surface area (Å²) in [7, 11) is 1.28. The molecule has 0 aliphatic heterocycles. The summed E-state index contributed by atoms with van der Waals surface area (Å²) in [6.07, 6.45) is 3.45. The van der Waals surface area contributed by atoms with Gasteiger partial charge in [0.15, 0.2) is 0 Å². The lowest BCUT2D eigenvalue weighted by atomic mass is 9.90. The van der Waals surface area contributed by atoms with Crippen molar-refractivity contribution in [3.63, 3.8) is 0 Å². The topological polar surface area (TPSA) is 107 Å². The Morgan fingerprint density at radius 3 is 2.26 bits per heavy atom. The first kappa shape index (κ1) is 25.1. The van der Waals surface area contributed by atoms with Gasteiger partial charge in [-0.1, -0.05) is 6.92 Å². The third-order valence-electron chi connectivity index (χ3n) is 5.65. The van der Waals surface area contributed by atoms with Crippen LogP contribution in [0.2, 0.25) is 0 Å². The number of methoxy groups -OCH3 is 1. The molecular formula is C24H27F2N3O5. The number of rotatable bonds is 8. The second-order valence-electron chi connectivity index (χ2n) is 8.27. The maximum absolute atomic E-state index is 13.8. The Morgan fingerprint density at radius 2 is 1.65 bits per heavy atom. The van der Waals surface area contributed by atoms with E-state index < -0.39 is 29.4 Å². The van der Waals surface area contributed by atoms with Crippen LogP contribution >= 0.6 is 0 Å². The molecule has 1 fully saturated rings. The highest BCUT2D eigenvalue weighted by Crippen LogP contribution is 2.25. The van der Waals surface area contributed by atoms with Gasteiger partial charge in [-0.3, -0.25) is 14.4 Å². The van der Waals surface area contributed by atoms with Crippen LogP contribution in [0.15, 0.2) is 36.5 Å². The molecule has 3 rings (SSSR count). The molecule has 0 unspecified atom stereocenters. The largest absolute Gasteiger partial charge is 0.469 e. The number of carbonyl (C=O) groups excluding carboxylic acids is 3.